The van der Waals surface area contributed by atoms with Crippen molar-refractivity contribution >= 4 is 0 Å². The van der Waals surface area contributed by atoms with Gasteiger partial charge in [0.15, 0.2) is 0 Å². The highest BCUT2D eigenvalue weighted by Gasteiger charge is 2.08. The largest absolute Gasteiger partial charge is 0.439 e. The van der Waals surface area contributed by atoms with Crippen molar-refractivity contribution in [1.29, 1.82) is 0 Å². The first-order chi connectivity index (χ1) is 9.70. The van der Waals surface area contributed by atoms with Crippen LogP contribution in [0.1, 0.15) is 37.8 Å². The zero-order chi connectivity index (χ0) is 14.4. The number of nitrogens with one attached hydrogen (secondary N) is 1. The van der Waals surface area contributed by atoms with Gasteiger partial charge in [-0.2, -0.15) is 0 Å². The van der Waals surface area contributed by atoms with Crippen LogP contribution >= 0.6 is 0 Å². The summed E-state index contributed by atoms with van der Waals surface area (Å²) in [6, 6.07) is 12.1. The first kappa shape index (κ1) is 14.5. The average molecular weight is 270 g/mol. The molecule has 1 N–H and O–H groups in total. The maximum absolute atomic E-state index is 5.95. The summed E-state index contributed by atoms with van der Waals surface area (Å²) in [6.45, 7) is 8.21. The van der Waals surface area contributed by atoms with Gasteiger partial charge in [-0.3, -0.25) is 0 Å². The van der Waals surface area contributed by atoms with Crippen LogP contribution < -0.4 is 10.1 Å². The van der Waals surface area contributed by atoms with Crippen molar-refractivity contribution in [2.45, 2.75) is 33.2 Å². The van der Waals surface area contributed by atoms with E-state index >= 15 is 0 Å². The van der Waals surface area contributed by atoms with Crippen LogP contribution in [0, 0.1) is 0 Å². The van der Waals surface area contributed by atoms with E-state index in [2.05, 4.69) is 37.1 Å². The molecule has 2 rings (SSSR count). The second-order valence-electron chi connectivity index (χ2n) is 5.08. The maximum atomic E-state index is 5.95. The predicted molar refractivity (Wildman–Crippen MR) is 82.2 cm³/mol. The molecule has 0 aliphatic carbocycles. The quantitative estimate of drug-likeness (QED) is 0.857. The minimum Gasteiger partial charge on any atom is -0.439 e. The number of hydrogen-bond acceptors (Lipinski definition) is 3. The molecule has 0 saturated carbocycles. The van der Waals surface area contributed by atoms with Crippen LogP contribution in [-0.2, 0) is 6.54 Å². The highest BCUT2D eigenvalue weighted by Crippen LogP contribution is 2.29. The minimum absolute atomic E-state index is 0.427. The molecule has 0 aliphatic rings. The molecule has 3 heteroatoms. The van der Waals surface area contributed by atoms with Crippen LogP contribution in [0.3, 0.4) is 0 Å². The molecule has 0 atom stereocenters. The number of pyridine rings is 1. The van der Waals surface area contributed by atoms with Gasteiger partial charge in [0.1, 0.15) is 5.75 Å². The van der Waals surface area contributed by atoms with E-state index in [1.165, 1.54) is 11.1 Å². The third-order valence-electron chi connectivity index (χ3n) is 3.13. The standard InChI is InChI=1S/C17H22N2O/c1-4-18-12-14-9-10-19-17(11-14)20-16-8-6-5-7-15(16)13(2)3/h5-11,13,18H,4,12H2,1-3H3. The lowest BCUT2D eigenvalue weighted by atomic mass is 10.0. The van der Waals surface area contributed by atoms with Crippen molar-refractivity contribution in [3.8, 4) is 11.6 Å². The maximum Gasteiger partial charge on any atom is 0.219 e. The Morgan fingerprint density at radius 2 is 2.00 bits per heavy atom. The number of nitrogens with zero attached hydrogens (tertiary/aromatic N) is 1. The second-order valence-corrected chi connectivity index (χ2v) is 5.08. The average Bonchev–Trinajstić information content (AvgIpc) is 2.46. The van der Waals surface area contributed by atoms with Gasteiger partial charge in [-0.05, 0) is 35.7 Å². The lowest BCUT2D eigenvalue weighted by Gasteiger charge is -2.13. The molecule has 0 spiro atoms. The summed E-state index contributed by atoms with van der Waals surface area (Å²) in [5.41, 5.74) is 2.38. The number of aromatic nitrogens is 1. The SMILES string of the molecule is CCNCc1ccnc(Oc2ccccc2C(C)C)c1. The molecule has 0 saturated heterocycles. The number of rotatable bonds is 6. The molecule has 0 fully saturated rings. The zero-order valence-electron chi connectivity index (χ0n) is 12.4. The molecule has 1 heterocycles. The fourth-order valence-electron chi connectivity index (χ4n) is 2.05. The van der Waals surface area contributed by atoms with Crippen molar-refractivity contribution < 1.29 is 4.74 Å². The molecule has 0 bridgehead atoms. The Hall–Kier alpha value is -1.87. The number of benzene rings is 1. The Morgan fingerprint density at radius 1 is 1.20 bits per heavy atom. The monoisotopic (exact) mass is 270 g/mol. The molecule has 3 nitrogen and oxygen atoms in total. The van der Waals surface area contributed by atoms with Gasteiger partial charge in [0.2, 0.25) is 5.88 Å². The number of hydrogen-bond donors (Lipinski definition) is 1. The van der Waals surface area contributed by atoms with Crippen LogP contribution in [0.2, 0.25) is 0 Å². The molecule has 0 aliphatic heterocycles. The molecule has 1 aromatic heterocycles. The van der Waals surface area contributed by atoms with Crippen LogP contribution in [0.5, 0.6) is 11.6 Å². The molecule has 1 aromatic carbocycles. The van der Waals surface area contributed by atoms with Crippen molar-refractivity contribution in [2.75, 3.05) is 6.54 Å². The summed E-state index contributed by atoms with van der Waals surface area (Å²) < 4.78 is 5.95. The smallest absolute Gasteiger partial charge is 0.219 e. The van der Waals surface area contributed by atoms with Gasteiger partial charge in [0.05, 0.1) is 0 Å². The Labute approximate surface area is 121 Å². The van der Waals surface area contributed by atoms with Crippen molar-refractivity contribution in [3.63, 3.8) is 0 Å². The van der Waals surface area contributed by atoms with Crippen LogP contribution in [-0.4, -0.2) is 11.5 Å². The van der Waals surface area contributed by atoms with Gasteiger partial charge in [-0.1, -0.05) is 39.0 Å². The van der Waals surface area contributed by atoms with Crippen molar-refractivity contribution in [3.05, 3.63) is 53.7 Å². The summed E-state index contributed by atoms with van der Waals surface area (Å²) in [4.78, 5) is 4.29. The highest BCUT2D eigenvalue weighted by molar-refractivity contribution is 5.38. The van der Waals surface area contributed by atoms with E-state index in [1.807, 2.05) is 30.3 Å². The lowest BCUT2D eigenvalue weighted by Crippen LogP contribution is -2.11. The Balaban J connectivity index is 2.17. The number of ether oxygens (including phenoxy) is 1. The first-order valence-corrected chi connectivity index (χ1v) is 7.13. The topological polar surface area (TPSA) is 34.2 Å². The first-order valence-electron chi connectivity index (χ1n) is 7.13. The van der Waals surface area contributed by atoms with E-state index in [9.17, 15) is 0 Å². The van der Waals surface area contributed by atoms with Gasteiger partial charge >= 0.3 is 0 Å². The van der Waals surface area contributed by atoms with Crippen LogP contribution in [0.15, 0.2) is 42.6 Å². The Kier molecular flexibility index (Phi) is 5.13. The predicted octanol–water partition coefficient (Wildman–Crippen LogP) is 4.11. The summed E-state index contributed by atoms with van der Waals surface area (Å²) >= 11 is 0. The zero-order valence-corrected chi connectivity index (χ0v) is 12.4. The van der Waals surface area contributed by atoms with Crippen molar-refractivity contribution in [1.82, 2.24) is 10.3 Å². The van der Waals surface area contributed by atoms with E-state index in [-0.39, 0.29) is 0 Å². The van der Waals surface area contributed by atoms with E-state index in [4.69, 9.17) is 4.74 Å². The minimum atomic E-state index is 0.427. The van der Waals surface area contributed by atoms with Gasteiger partial charge in [0.25, 0.3) is 0 Å². The van der Waals surface area contributed by atoms with E-state index in [1.54, 1.807) is 6.20 Å². The molecule has 106 valence electrons. The third-order valence-corrected chi connectivity index (χ3v) is 3.13. The van der Waals surface area contributed by atoms with Crippen molar-refractivity contribution in [2.24, 2.45) is 0 Å². The normalized spacial score (nSPS) is 10.8. The second kappa shape index (κ2) is 7.06. The van der Waals surface area contributed by atoms with Gasteiger partial charge in [0, 0.05) is 18.8 Å². The van der Waals surface area contributed by atoms with E-state index in [0.717, 1.165) is 18.8 Å². The van der Waals surface area contributed by atoms with Gasteiger partial charge in [-0.15, -0.1) is 0 Å². The van der Waals surface area contributed by atoms with E-state index < -0.39 is 0 Å². The fraction of sp³-hybridized carbons (Fsp3) is 0.353. The third kappa shape index (κ3) is 3.81. The summed E-state index contributed by atoms with van der Waals surface area (Å²) in [7, 11) is 0. The lowest BCUT2D eigenvalue weighted by molar-refractivity contribution is 0.453. The summed E-state index contributed by atoms with van der Waals surface area (Å²) in [5, 5.41) is 3.30. The fourth-order valence-corrected chi connectivity index (χ4v) is 2.05. The molecule has 0 unspecified atom stereocenters. The number of para-hydroxylation sites is 1. The highest BCUT2D eigenvalue weighted by atomic mass is 16.5. The molecule has 0 radical (unpaired) electrons. The Morgan fingerprint density at radius 3 is 2.75 bits per heavy atom. The Bertz CT molecular complexity index is 552. The van der Waals surface area contributed by atoms with Gasteiger partial charge < -0.3 is 10.1 Å². The summed E-state index contributed by atoms with van der Waals surface area (Å²) in [5.74, 6) is 1.96. The van der Waals surface area contributed by atoms with Crippen LogP contribution in [0.4, 0.5) is 0 Å². The molecule has 2 aromatic rings. The van der Waals surface area contributed by atoms with Crippen LogP contribution in [0.25, 0.3) is 0 Å². The molecule has 0 amide bonds. The van der Waals surface area contributed by atoms with E-state index in [0.29, 0.717) is 11.8 Å². The summed E-state index contributed by atoms with van der Waals surface area (Å²) in [6.07, 6.45) is 1.79. The molecular formula is C17H22N2O. The molecule has 20 heavy (non-hydrogen) atoms. The molecular weight excluding hydrogens is 248 g/mol. The van der Waals surface area contributed by atoms with Gasteiger partial charge in [-0.25, -0.2) is 4.98 Å².